The van der Waals surface area contributed by atoms with Gasteiger partial charge in [0, 0.05) is 5.54 Å². The number of rotatable bonds is 4. The Kier molecular flexibility index (Phi) is 5.45. The fourth-order valence-corrected chi connectivity index (χ4v) is 3.29. The monoisotopic (exact) mass is 289 g/mol. The second-order valence-corrected chi connectivity index (χ2v) is 7.28. The highest BCUT2D eigenvalue weighted by Crippen LogP contribution is 2.33. The molecule has 0 radical (unpaired) electrons. The molecule has 0 aromatic heterocycles. The Labute approximate surface area is 130 Å². The van der Waals surface area contributed by atoms with Crippen molar-refractivity contribution in [2.75, 3.05) is 13.1 Å². The maximum Gasteiger partial charge on any atom is 0.0968 e. The van der Waals surface area contributed by atoms with E-state index in [1.807, 2.05) is 0 Å². The summed E-state index contributed by atoms with van der Waals surface area (Å²) < 4.78 is 0. The third-order valence-electron chi connectivity index (χ3n) is 5.01. The van der Waals surface area contributed by atoms with Gasteiger partial charge in [0.25, 0.3) is 0 Å². The zero-order valence-corrected chi connectivity index (χ0v) is 14.1. The molecule has 1 heterocycles. The van der Waals surface area contributed by atoms with E-state index in [1.165, 1.54) is 31.2 Å². The normalized spacial score (nSPS) is 19.5. The van der Waals surface area contributed by atoms with Crippen molar-refractivity contribution in [1.82, 2.24) is 4.90 Å². The summed E-state index contributed by atoms with van der Waals surface area (Å²) in [6.45, 7) is 11.0. The van der Waals surface area contributed by atoms with Crippen molar-refractivity contribution in [3.8, 4) is 0 Å². The van der Waals surface area contributed by atoms with Gasteiger partial charge in [-0.15, -0.1) is 0 Å². The lowest BCUT2D eigenvalue weighted by Gasteiger charge is -2.41. The van der Waals surface area contributed by atoms with Gasteiger partial charge >= 0.3 is 0 Å². The van der Waals surface area contributed by atoms with Gasteiger partial charge < -0.3 is 5.11 Å². The molecule has 118 valence electrons. The van der Waals surface area contributed by atoms with Gasteiger partial charge in [0.05, 0.1) is 6.10 Å². The topological polar surface area (TPSA) is 23.5 Å². The van der Waals surface area contributed by atoms with Crippen LogP contribution < -0.4 is 0 Å². The minimum Gasteiger partial charge on any atom is -0.386 e. The molecule has 1 aromatic rings. The van der Waals surface area contributed by atoms with Gasteiger partial charge in [-0.2, -0.15) is 0 Å². The van der Waals surface area contributed by atoms with Crippen LogP contribution in [0.3, 0.4) is 0 Å². The Morgan fingerprint density at radius 3 is 1.86 bits per heavy atom. The van der Waals surface area contributed by atoms with Crippen LogP contribution in [0.4, 0.5) is 0 Å². The van der Waals surface area contributed by atoms with Crippen molar-refractivity contribution >= 4 is 0 Å². The summed E-state index contributed by atoms with van der Waals surface area (Å²) in [5, 5.41) is 10.9. The minimum absolute atomic E-state index is 0.205. The lowest BCUT2D eigenvalue weighted by atomic mass is 9.88. The van der Waals surface area contributed by atoms with E-state index in [2.05, 4.69) is 56.9 Å². The van der Waals surface area contributed by atoms with Crippen LogP contribution in [-0.4, -0.2) is 28.6 Å². The van der Waals surface area contributed by atoms with Gasteiger partial charge in [0.2, 0.25) is 0 Å². The Morgan fingerprint density at radius 1 is 0.905 bits per heavy atom. The second-order valence-electron chi connectivity index (χ2n) is 7.28. The molecular weight excluding hydrogens is 258 g/mol. The first kappa shape index (κ1) is 16.5. The van der Waals surface area contributed by atoms with E-state index in [4.69, 9.17) is 0 Å². The smallest absolute Gasteiger partial charge is 0.0968 e. The lowest BCUT2D eigenvalue weighted by molar-refractivity contribution is -0.0100. The highest BCUT2D eigenvalue weighted by atomic mass is 16.3. The molecule has 0 amide bonds. The first-order valence-corrected chi connectivity index (χ1v) is 8.46. The molecule has 1 aromatic carbocycles. The summed E-state index contributed by atoms with van der Waals surface area (Å²) >= 11 is 0. The van der Waals surface area contributed by atoms with Gasteiger partial charge in [0.15, 0.2) is 0 Å². The van der Waals surface area contributed by atoms with E-state index in [0.29, 0.717) is 5.92 Å². The summed E-state index contributed by atoms with van der Waals surface area (Å²) in [4.78, 5) is 2.47. The van der Waals surface area contributed by atoms with Crippen molar-refractivity contribution in [2.45, 2.75) is 70.9 Å². The minimum atomic E-state index is -0.434. The zero-order chi connectivity index (χ0) is 15.5. The van der Waals surface area contributed by atoms with E-state index in [-0.39, 0.29) is 5.54 Å². The number of hydrogen-bond acceptors (Lipinski definition) is 2. The molecule has 1 aliphatic rings. The molecule has 21 heavy (non-hydrogen) atoms. The Balaban J connectivity index is 2.14. The molecular formula is C19H31NO. The lowest BCUT2D eigenvalue weighted by Crippen LogP contribution is -2.48. The molecule has 1 N–H and O–H groups in total. The summed E-state index contributed by atoms with van der Waals surface area (Å²) in [5.41, 5.74) is 2.16. The van der Waals surface area contributed by atoms with Gasteiger partial charge in [-0.1, -0.05) is 51.0 Å². The average molecular weight is 289 g/mol. The fourth-order valence-electron chi connectivity index (χ4n) is 3.29. The number of likely N-dealkylation sites (tertiary alicyclic amines) is 1. The maximum absolute atomic E-state index is 10.9. The van der Waals surface area contributed by atoms with Crippen LogP contribution in [0.15, 0.2) is 24.3 Å². The van der Waals surface area contributed by atoms with Gasteiger partial charge in [0.1, 0.15) is 0 Å². The van der Waals surface area contributed by atoms with Crippen molar-refractivity contribution in [1.29, 1.82) is 0 Å². The van der Waals surface area contributed by atoms with Gasteiger partial charge in [-0.3, -0.25) is 4.90 Å². The molecule has 0 bridgehead atoms. The van der Waals surface area contributed by atoms with E-state index < -0.39 is 6.10 Å². The highest BCUT2D eigenvalue weighted by molar-refractivity contribution is 5.27. The third kappa shape index (κ3) is 3.87. The second kappa shape index (κ2) is 6.93. The summed E-state index contributed by atoms with van der Waals surface area (Å²) in [5.74, 6) is 0.537. The maximum atomic E-state index is 10.9. The van der Waals surface area contributed by atoms with E-state index in [9.17, 15) is 5.11 Å². The Hall–Kier alpha value is -0.860. The molecule has 2 rings (SSSR count). The first-order valence-electron chi connectivity index (χ1n) is 8.46. The van der Waals surface area contributed by atoms with Crippen molar-refractivity contribution in [2.24, 2.45) is 0 Å². The van der Waals surface area contributed by atoms with E-state index >= 15 is 0 Å². The molecule has 2 nitrogen and oxygen atoms in total. The van der Waals surface area contributed by atoms with Crippen LogP contribution >= 0.6 is 0 Å². The van der Waals surface area contributed by atoms with Crippen LogP contribution in [0.2, 0.25) is 0 Å². The number of benzene rings is 1. The van der Waals surface area contributed by atoms with Crippen molar-refractivity contribution in [3.05, 3.63) is 35.4 Å². The van der Waals surface area contributed by atoms with Crippen molar-refractivity contribution in [3.63, 3.8) is 0 Å². The first-order chi connectivity index (χ1) is 9.93. The van der Waals surface area contributed by atoms with Crippen molar-refractivity contribution < 1.29 is 5.11 Å². The Morgan fingerprint density at radius 2 is 1.38 bits per heavy atom. The molecule has 0 aliphatic carbocycles. The molecule has 0 spiro atoms. The van der Waals surface area contributed by atoms with Crippen LogP contribution in [0, 0.1) is 0 Å². The molecule has 0 saturated carbocycles. The predicted molar refractivity (Wildman–Crippen MR) is 89.6 cm³/mol. The summed E-state index contributed by atoms with van der Waals surface area (Å²) in [7, 11) is 0. The van der Waals surface area contributed by atoms with Crippen LogP contribution in [-0.2, 0) is 0 Å². The zero-order valence-electron chi connectivity index (χ0n) is 14.1. The fraction of sp³-hybridized carbons (Fsp3) is 0.684. The molecule has 1 unspecified atom stereocenters. The average Bonchev–Trinajstić information content (AvgIpc) is 2.76. The largest absolute Gasteiger partial charge is 0.386 e. The van der Waals surface area contributed by atoms with Gasteiger partial charge in [-0.25, -0.2) is 0 Å². The van der Waals surface area contributed by atoms with E-state index in [0.717, 1.165) is 18.7 Å². The molecule has 1 atom stereocenters. The quantitative estimate of drug-likeness (QED) is 0.882. The Bertz CT molecular complexity index is 427. The summed E-state index contributed by atoms with van der Waals surface area (Å²) in [6, 6.07) is 8.50. The number of aliphatic hydroxyl groups excluding tert-OH is 1. The number of hydrogen-bond donors (Lipinski definition) is 1. The molecule has 1 aliphatic heterocycles. The molecule has 1 saturated heterocycles. The third-order valence-corrected chi connectivity index (χ3v) is 5.01. The number of aliphatic hydroxyl groups is 1. The molecule has 2 heteroatoms. The summed E-state index contributed by atoms with van der Waals surface area (Å²) in [6.07, 6.45) is 4.72. The van der Waals surface area contributed by atoms with Crippen LogP contribution in [0.25, 0.3) is 0 Å². The molecule has 1 fully saturated rings. The SMILES string of the molecule is CC(C)c1ccc(C(O)C(C)(C)N2CCCCCC2)cc1. The standard InChI is InChI=1S/C19H31NO/c1-15(2)16-9-11-17(12-10-16)18(21)19(3,4)20-13-7-5-6-8-14-20/h9-12,15,18,21H,5-8,13-14H2,1-4H3. The van der Waals surface area contributed by atoms with Gasteiger partial charge in [-0.05, 0) is 56.8 Å². The highest BCUT2D eigenvalue weighted by Gasteiger charge is 2.35. The van der Waals surface area contributed by atoms with E-state index in [1.54, 1.807) is 0 Å². The van der Waals surface area contributed by atoms with Crippen LogP contribution in [0.1, 0.15) is 76.5 Å². The van der Waals surface area contributed by atoms with Crippen LogP contribution in [0.5, 0.6) is 0 Å². The number of nitrogens with zero attached hydrogens (tertiary/aromatic N) is 1. The predicted octanol–water partition coefficient (Wildman–Crippen LogP) is 4.50.